The van der Waals surface area contributed by atoms with Crippen LogP contribution < -0.4 is 5.32 Å². The van der Waals surface area contributed by atoms with E-state index in [1.807, 2.05) is 0 Å². The molecule has 3 nitrogen and oxygen atoms in total. The Kier molecular flexibility index (Phi) is 5.28. The van der Waals surface area contributed by atoms with E-state index in [4.69, 9.17) is 4.74 Å². The highest BCUT2D eigenvalue weighted by Gasteiger charge is 2.28. The summed E-state index contributed by atoms with van der Waals surface area (Å²) in [4.78, 5) is 2.64. The van der Waals surface area contributed by atoms with Crippen LogP contribution in [0.4, 0.5) is 0 Å². The zero-order chi connectivity index (χ0) is 14.5. The third kappa shape index (κ3) is 4.29. The van der Waals surface area contributed by atoms with E-state index in [0.29, 0.717) is 12.1 Å². The van der Waals surface area contributed by atoms with Crippen molar-refractivity contribution in [2.75, 3.05) is 26.2 Å². The van der Waals surface area contributed by atoms with Gasteiger partial charge in [0.15, 0.2) is 0 Å². The molecule has 0 bridgehead atoms. The van der Waals surface area contributed by atoms with Crippen molar-refractivity contribution in [3.63, 3.8) is 0 Å². The molecule has 1 N–H and O–H groups in total. The minimum absolute atomic E-state index is 0.471. The molecule has 0 aromatic heterocycles. The first-order valence-corrected chi connectivity index (χ1v) is 8.50. The maximum atomic E-state index is 5.78. The van der Waals surface area contributed by atoms with Gasteiger partial charge >= 0.3 is 0 Å². The summed E-state index contributed by atoms with van der Waals surface area (Å²) in [7, 11) is 0. The lowest BCUT2D eigenvalue weighted by Gasteiger charge is -2.38. The highest BCUT2D eigenvalue weighted by atomic mass is 16.5. The Balaban J connectivity index is 1.61. The standard InChI is InChI=1S/C18H28N2O/c1-2-21-17-10-12-20(13-11-17)18(14-19-16-8-9-16)15-6-4-3-5-7-15/h3-7,16-19H,2,8-14H2,1H3. The quantitative estimate of drug-likeness (QED) is 0.835. The lowest BCUT2D eigenvalue weighted by atomic mass is 10.00. The van der Waals surface area contributed by atoms with E-state index in [-0.39, 0.29) is 0 Å². The molecule has 1 saturated carbocycles. The summed E-state index contributed by atoms with van der Waals surface area (Å²) in [5.74, 6) is 0. The van der Waals surface area contributed by atoms with Crippen LogP contribution in [0.3, 0.4) is 0 Å². The van der Waals surface area contributed by atoms with Gasteiger partial charge in [0.25, 0.3) is 0 Å². The molecule has 0 spiro atoms. The summed E-state index contributed by atoms with van der Waals surface area (Å²) in [5, 5.41) is 3.72. The number of benzene rings is 1. The van der Waals surface area contributed by atoms with E-state index in [0.717, 1.165) is 32.3 Å². The molecule has 0 amide bonds. The van der Waals surface area contributed by atoms with Gasteiger partial charge in [0.05, 0.1) is 6.10 Å². The van der Waals surface area contributed by atoms with Crippen LogP contribution in [0, 0.1) is 0 Å². The van der Waals surface area contributed by atoms with Crippen LogP contribution >= 0.6 is 0 Å². The maximum Gasteiger partial charge on any atom is 0.0599 e. The van der Waals surface area contributed by atoms with Gasteiger partial charge in [-0.15, -0.1) is 0 Å². The third-order valence-electron chi connectivity index (χ3n) is 4.68. The van der Waals surface area contributed by atoms with E-state index in [1.165, 1.54) is 31.2 Å². The maximum absolute atomic E-state index is 5.78. The Hall–Kier alpha value is -0.900. The average molecular weight is 288 g/mol. The van der Waals surface area contributed by atoms with Gasteiger partial charge in [0.2, 0.25) is 0 Å². The molecule has 21 heavy (non-hydrogen) atoms. The number of ether oxygens (including phenoxy) is 1. The van der Waals surface area contributed by atoms with Gasteiger partial charge in [-0.1, -0.05) is 30.3 Å². The first kappa shape index (κ1) is 15.0. The second-order valence-corrected chi connectivity index (χ2v) is 6.30. The van der Waals surface area contributed by atoms with Crippen molar-refractivity contribution in [1.29, 1.82) is 0 Å². The molecule has 1 aliphatic heterocycles. The molecular formula is C18H28N2O. The zero-order valence-corrected chi connectivity index (χ0v) is 13.1. The van der Waals surface area contributed by atoms with Gasteiger partial charge in [-0.3, -0.25) is 4.90 Å². The number of hydrogen-bond acceptors (Lipinski definition) is 3. The molecule has 1 aromatic carbocycles. The van der Waals surface area contributed by atoms with Crippen molar-refractivity contribution in [3.05, 3.63) is 35.9 Å². The molecule has 2 aliphatic rings. The van der Waals surface area contributed by atoms with Crippen LogP contribution in [0.15, 0.2) is 30.3 Å². The van der Waals surface area contributed by atoms with Crippen molar-refractivity contribution in [3.8, 4) is 0 Å². The highest BCUT2D eigenvalue weighted by molar-refractivity contribution is 5.20. The summed E-state index contributed by atoms with van der Waals surface area (Å²) in [6, 6.07) is 12.3. The highest BCUT2D eigenvalue weighted by Crippen LogP contribution is 2.27. The topological polar surface area (TPSA) is 24.5 Å². The van der Waals surface area contributed by atoms with Crippen LogP contribution in [-0.4, -0.2) is 43.3 Å². The summed E-state index contributed by atoms with van der Waals surface area (Å²) in [6.07, 6.45) is 5.52. The Morgan fingerprint density at radius 3 is 2.48 bits per heavy atom. The number of likely N-dealkylation sites (tertiary alicyclic amines) is 1. The van der Waals surface area contributed by atoms with Crippen molar-refractivity contribution in [1.82, 2.24) is 10.2 Å². The second kappa shape index (κ2) is 7.39. The SMILES string of the molecule is CCOC1CCN(C(CNC2CC2)c2ccccc2)CC1. The zero-order valence-electron chi connectivity index (χ0n) is 13.1. The van der Waals surface area contributed by atoms with Crippen LogP contribution in [-0.2, 0) is 4.74 Å². The van der Waals surface area contributed by atoms with E-state index < -0.39 is 0 Å². The van der Waals surface area contributed by atoms with Crippen molar-refractivity contribution in [2.24, 2.45) is 0 Å². The molecule has 3 rings (SSSR count). The smallest absolute Gasteiger partial charge is 0.0599 e. The molecule has 1 aliphatic carbocycles. The van der Waals surface area contributed by atoms with E-state index in [1.54, 1.807) is 0 Å². The number of nitrogens with one attached hydrogen (secondary N) is 1. The number of rotatable bonds is 7. The molecule has 116 valence electrons. The molecule has 1 unspecified atom stereocenters. The lowest BCUT2D eigenvalue weighted by Crippen LogP contribution is -2.43. The Morgan fingerprint density at radius 2 is 1.86 bits per heavy atom. The van der Waals surface area contributed by atoms with E-state index in [2.05, 4.69) is 47.5 Å². The van der Waals surface area contributed by atoms with Crippen molar-refractivity contribution >= 4 is 0 Å². The van der Waals surface area contributed by atoms with E-state index in [9.17, 15) is 0 Å². The Bertz CT molecular complexity index is 410. The lowest BCUT2D eigenvalue weighted by molar-refractivity contribution is 0.00360. The molecule has 1 heterocycles. The normalized spacial score (nSPS) is 22.3. The number of nitrogens with zero attached hydrogens (tertiary/aromatic N) is 1. The third-order valence-corrected chi connectivity index (χ3v) is 4.68. The summed E-state index contributed by atoms with van der Waals surface area (Å²) in [6.45, 7) is 6.32. The van der Waals surface area contributed by atoms with Crippen LogP contribution in [0.25, 0.3) is 0 Å². The second-order valence-electron chi connectivity index (χ2n) is 6.30. The van der Waals surface area contributed by atoms with Crippen LogP contribution in [0.2, 0.25) is 0 Å². The summed E-state index contributed by atoms with van der Waals surface area (Å²) < 4.78 is 5.78. The van der Waals surface area contributed by atoms with Crippen molar-refractivity contribution in [2.45, 2.75) is 50.8 Å². The monoisotopic (exact) mass is 288 g/mol. The predicted molar refractivity (Wildman–Crippen MR) is 86.4 cm³/mol. The fraction of sp³-hybridized carbons (Fsp3) is 0.667. The molecule has 1 aromatic rings. The number of hydrogen-bond donors (Lipinski definition) is 1. The number of piperidine rings is 1. The molecular weight excluding hydrogens is 260 g/mol. The average Bonchev–Trinajstić information content (AvgIpc) is 3.35. The summed E-state index contributed by atoms with van der Waals surface area (Å²) >= 11 is 0. The van der Waals surface area contributed by atoms with Gasteiger partial charge in [0.1, 0.15) is 0 Å². The summed E-state index contributed by atoms with van der Waals surface area (Å²) in [5.41, 5.74) is 1.44. The predicted octanol–water partition coefficient (Wildman–Crippen LogP) is 2.98. The van der Waals surface area contributed by atoms with Crippen LogP contribution in [0.1, 0.15) is 44.2 Å². The molecule has 0 radical (unpaired) electrons. The van der Waals surface area contributed by atoms with Crippen LogP contribution in [0.5, 0.6) is 0 Å². The van der Waals surface area contributed by atoms with Gasteiger partial charge in [-0.05, 0) is 38.2 Å². The largest absolute Gasteiger partial charge is 0.378 e. The van der Waals surface area contributed by atoms with Gasteiger partial charge in [0, 0.05) is 38.3 Å². The van der Waals surface area contributed by atoms with Gasteiger partial charge in [-0.25, -0.2) is 0 Å². The fourth-order valence-electron chi connectivity index (χ4n) is 3.29. The minimum atomic E-state index is 0.471. The molecule has 1 atom stereocenters. The minimum Gasteiger partial charge on any atom is -0.378 e. The Morgan fingerprint density at radius 1 is 1.14 bits per heavy atom. The first-order chi connectivity index (χ1) is 10.4. The first-order valence-electron chi connectivity index (χ1n) is 8.50. The van der Waals surface area contributed by atoms with Gasteiger partial charge in [-0.2, -0.15) is 0 Å². The molecule has 2 fully saturated rings. The van der Waals surface area contributed by atoms with Crippen molar-refractivity contribution < 1.29 is 4.74 Å². The molecule has 3 heteroatoms. The fourth-order valence-corrected chi connectivity index (χ4v) is 3.29. The Labute approximate surface area is 128 Å². The van der Waals surface area contributed by atoms with E-state index >= 15 is 0 Å². The molecule has 1 saturated heterocycles. The van der Waals surface area contributed by atoms with Gasteiger partial charge < -0.3 is 10.1 Å².